The molecule has 5 unspecified atom stereocenters. The van der Waals surface area contributed by atoms with E-state index in [1.807, 2.05) is 18.2 Å². The summed E-state index contributed by atoms with van der Waals surface area (Å²) in [6, 6.07) is 0. The highest BCUT2D eigenvalue weighted by Crippen LogP contribution is 2.49. The molecule has 1 aliphatic rings. The Morgan fingerprint density at radius 1 is 0.492 bits per heavy atom. The third-order valence-corrected chi connectivity index (χ3v) is 12.1. The molecule has 0 saturated heterocycles. The number of carbonyl (C=O) groups excluding carboxylic acids is 2. The number of phosphoric ester groups is 2. The van der Waals surface area contributed by atoms with Gasteiger partial charge >= 0.3 is 27.6 Å². The van der Waals surface area contributed by atoms with Gasteiger partial charge in [-0.1, -0.05) is 164 Å². The van der Waals surface area contributed by atoms with Gasteiger partial charge in [-0.2, -0.15) is 0 Å². The fourth-order valence-corrected chi connectivity index (χ4v) is 8.43. The Morgan fingerprint density at radius 3 is 1.42 bits per heavy atom. The summed E-state index contributed by atoms with van der Waals surface area (Å²) >= 11 is 0. The van der Waals surface area contributed by atoms with Gasteiger partial charge in [-0.15, -0.1) is 0 Å². The van der Waals surface area contributed by atoms with Gasteiger partial charge in [-0.25, -0.2) is 9.13 Å². The van der Waals surface area contributed by atoms with Crippen molar-refractivity contribution in [2.45, 2.75) is 211 Å². The lowest BCUT2D eigenvalue weighted by Crippen LogP contribution is -2.64. The fourth-order valence-electron chi connectivity index (χ4n) is 6.89. The molecule has 0 amide bonds. The molecule has 1 fully saturated rings. The van der Waals surface area contributed by atoms with Crippen LogP contribution < -0.4 is 0 Å². The Morgan fingerprint density at radius 2 is 0.923 bits per heavy atom. The van der Waals surface area contributed by atoms with Crippen molar-refractivity contribution in [1.82, 2.24) is 0 Å². The molecule has 1 aliphatic carbocycles. The van der Waals surface area contributed by atoms with Crippen molar-refractivity contribution in [3.63, 3.8) is 0 Å². The van der Waals surface area contributed by atoms with Crippen LogP contribution in [0.2, 0.25) is 0 Å². The van der Waals surface area contributed by atoms with Gasteiger partial charge in [0, 0.05) is 12.8 Å². The predicted octanol–water partition coefficient (Wildman–Crippen LogP) is 9.06. The van der Waals surface area contributed by atoms with Crippen molar-refractivity contribution in [3.8, 4) is 0 Å². The number of carbonyl (C=O) groups is 2. The van der Waals surface area contributed by atoms with Crippen LogP contribution in [0.5, 0.6) is 0 Å². The van der Waals surface area contributed by atoms with Crippen molar-refractivity contribution in [2.75, 3.05) is 13.2 Å². The maximum atomic E-state index is 13.0. The summed E-state index contributed by atoms with van der Waals surface area (Å²) in [5, 5.41) is 41.2. The fraction of sp³-hybridized carbons (Fsp3) is 0.745. The Bertz CT molecular complexity index is 1490. The molecule has 1 rings (SSSR count). The Balaban J connectivity index is 2.65. The largest absolute Gasteiger partial charge is 0.472 e. The van der Waals surface area contributed by atoms with Crippen LogP contribution in [0.4, 0.5) is 0 Å². The topological polar surface area (TPSA) is 256 Å². The van der Waals surface area contributed by atoms with Crippen molar-refractivity contribution in [1.29, 1.82) is 0 Å². The van der Waals surface area contributed by atoms with Gasteiger partial charge in [0.1, 0.15) is 43.2 Å². The minimum atomic E-state index is -5.37. The van der Waals surface area contributed by atoms with Crippen molar-refractivity contribution < 1.29 is 76.9 Å². The smallest absolute Gasteiger partial charge is 0.462 e. The lowest BCUT2D eigenvalue weighted by atomic mass is 9.85. The number of hydrogen-bond acceptors (Lipinski definition) is 13. The van der Waals surface area contributed by atoms with E-state index >= 15 is 0 Å². The van der Waals surface area contributed by atoms with Crippen LogP contribution in [0.25, 0.3) is 0 Å². The second-order valence-electron chi connectivity index (χ2n) is 16.5. The number of esters is 2. The van der Waals surface area contributed by atoms with Gasteiger partial charge in [0.2, 0.25) is 0 Å². The van der Waals surface area contributed by atoms with Crippen LogP contribution in [0, 0.1) is 0 Å². The van der Waals surface area contributed by atoms with Crippen LogP contribution in [-0.4, -0.2) is 103 Å². The van der Waals surface area contributed by atoms with Gasteiger partial charge < -0.3 is 44.6 Å². The zero-order valence-electron chi connectivity index (χ0n) is 38.9. The zero-order valence-corrected chi connectivity index (χ0v) is 40.7. The quantitative estimate of drug-likeness (QED) is 0.0131. The lowest BCUT2D eigenvalue weighted by molar-refractivity contribution is -0.216. The average molecular weight is 965 g/mol. The summed E-state index contributed by atoms with van der Waals surface area (Å²) in [7, 11) is -10.7. The second kappa shape index (κ2) is 37.7. The van der Waals surface area contributed by atoms with Crippen LogP contribution in [0.1, 0.15) is 168 Å². The number of aliphatic hydroxyl groups is 4. The van der Waals surface area contributed by atoms with Crippen molar-refractivity contribution in [3.05, 3.63) is 60.8 Å². The normalized spacial score (nSPS) is 22.2. The highest BCUT2D eigenvalue weighted by molar-refractivity contribution is 7.47. The van der Waals surface area contributed by atoms with Crippen molar-refractivity contribution in [2.24, 2.45) is 0 Å². The van der Waals surface area contributed by atoms with E-state index in [0.29, 0.717) is 19.3 Å². The number of rotatable bonds is 39. The molecule has 0 radical (unpaired) electrons. The minimum absolute atomic E-state index is 0.0799. The van der Waals surface area contributed by atoms with Crippen LogP contribution in [0.3, 0.4) is 0 Å². The predicted molar refractivity (Wildman–Crippen MR) is 250 cm³/mol. The molecule has 0 aromatic carbocycles. The maximum absolute atomic E-state index is 13.0. The number of hydrogen-bond donors (Lipinski definition) is 7. The van der Waals surface area contributed by atoms with E-state index in [1.54, 1.807) is 6.08 Å². The third-order valence-electron chi connectivity index (χ3n) is 10.6. The van der Waals surface area contributed by atoms with E-state index in [1.165, 1.54) is 70.6 Å². The standard InChI is InChI=1S/C47H82O16P2/c1-3-5-7-9-11-13-15-17-18-19-20-21-22-24-26-28-30-32-34-36-41(49)61-39(37-59-40(48)35-33-31-29-27-25-23-16-14-12-10-8-6-4-2)38-60-65(57,58)63-47-44(52)42(50)43(51)46(45(47)53)62-64(54,55)56/h11,13,17-18,20-21,24,26,30,32,39,42-47,50-53H,3-10,12,14-16,19,22-23,25,27-29,31,33-38H2,1-2H3,(H,57,58)(H2,54,55,56)/t39-,42?,43?,44?,45?,46-,47+/m1/s1. The SMILES string of the molecule is CCCCCC=CCC=CCC=CCC=CCC=CCCC(=O)O[C@H](COC(=O)CCCCCCCCCCCCCCC)COP(=O)(O)O[C@H]1C(O)C(O)C(O)[C@@H](OP(=O)(O)O)C1O. The summed E-state index contributed by atoms with van der Waals surface area (Å²) < 4.78 is 49.3. The van der Waals surface area contributed by atoms with E-state index in [2.05, 4.69) is 54.8 Å². The number of aliphatic hydroxyl groups excluding tert-OH is 4. The lowest BCUT2D eigenvalue weighted by Gasteiger charge is -2.43. The van der Waals surface area contributed by atoms with E-state index in [-0.39, 0.29) is 12.8 Å². The summed E-state index contributed by atoms with van der Waals surface area (Å²) in [6.07, 6.45) is 29.1. The third kappa shape index (κ3) is 32.2. The first-order chi connectivity index (χ1) is 31.1. The molecule has 8 atom stereocenters. The zero-order chi connectivity index (χ0) is 48.2. The molecule has 18 heteroatoms. The number of ether oxygens (including phenoxy) is 2. The number of unbranched alkanes of at least 4 members (excludes halogenated alkanes) is 15. The second-order valence-corrected chi connectivity index (χ2v) is 19.1. The van der Waals surface area contributed by atoms with Gasteiger partial charge in [-0.3, -0.25) is 23.2 Å². The molecule has 376 valence electrons. The molecule has 0 heterocycles. The van der Waals surface area contributed by atoms with Crippen LogP contribution in [0.15, 0.2) is 60.8 Å². The summed E-state index contributed by atoms with van der Waals surface area (Å²) in [5.74, 6) is -1.30. The van der Waals surface area contributed by atoms with E-state index in [9.17, 15) is 44.0 Å². The molecule has 0 aliphatic heterocycles. The summed E-state index contributed by atoms with van der Waals surface area (Å²) in [4.78, 5) is 54.2. The van der Waals surface area contributed by atoms with E-state index < -0.39 is 83.5 Å². The van der Waals surface area contributed by atoms with Gasteiger partial charge in [0.25, 0.3) is 0 Å². The number of allylic oxidation sites excluding steroid dienone is 10. The van der Waals surface area contributed by atoms with E-state index in [0.717, 1.165) is 51.4 Å². The molecule has 65 heavy (non-hydrogen) atoms. The maximum Gasteiger partial charge on any atom is 0.472 e. The molecule has 0 bridgehead atoms. The molecule has 1 saturated carbocycles. The summed E-state index contributed by atoms with van der Waals surface area (Å²) in [5.41, 5.74) is 0. The highest BCUT2D eigenvalue weighted by Gasteiger charge is 2.54. The summed E-state index contributed by atoms with van der Waals surface area (Å²) in [6.45, 7) is 3.02. The monoisotopic (exact) mass is 965 g/mol. The first kappa shape index (κ1) is 60.7. The van der Waals surface area contributed by atoms with Crippen molar-refractivity contribution >= 4 is 27.6 Å². The van der Waals surface area contributed by atoms with Crippen LogP contribution in [-0.2, 0) is 41.8 Å². The molecule has 0 aromatic rings. The highest BCUT2D eigenvalue weighted by atomic mass is 31.2. The molecule has 16 nitrogen and oxygen atoms in total. The Hall–Kier alpha value is -2.30. The molecule has 0 aromatic heterocycles. The average Bonchev–Trinajstić information content (AvgIpc) is 3.26. The molecular weight excluding hydrogens is 882 g/mol. The Labute approximate surface area is 388 Å². The van der Waals surface area contributed by atoms with Gasteiger partial charge in [0.15, 0.2) is 6.10 Å². The number of phosphoric acid groups is 2. The van der Waals surface area contributed by atoms with Gasteiger partial charge in [0.05, 0.1) is 6.61 Å². The molecule has 7 N–H and O–H groups in total. The Kier molecular flexibility index (Phi) is 35.2. The first-order valence-electron chi connectivity index (χ1n) is 23.8. The van der Waals surface area contributed by atoms with Gasteiger partial charge in [-0.05, 0) is 51.4 Å². The molecule has 0 spiro atoms. The first-order valence-corrected chi connectivity index (χ1v) is 26.9. The minimum Gasteiger partial charge on any atom is -0.462 e. The molecular formula is C47H82O16P2. The van der Waals surface area contributed by atoms with Crippen LogP contribution >= 0.6 is 15.6 Å². The van der Waals surface area contributed by atoms with E-state index in [4.69, 9.17) is 28.3 Å².